The Morgan fingerprint density at radius 2 is 1.90 bits per heavy atom. The topological polar surface area (TPSA) is 102 Å². The van der Waals surface area contributed by atoms with Gasteiger partial charge in [0, 0.05) is 50.4 Å². The summed E-state index contributed by atoms with van der Waals surface area (Å²) in [5.74, 6) is 0.971. The molecule has 0 N–H and O–H groups in total. The van der Waals surface area contributed by atoms with Crippen LogP contribution in [0.1, 0.15) is 19.3 Å². The summed E-state index contributed by atoms with van der Waals surface area (Å²) in [7, 11) is -1.98. The van der Waals surface area contributed by atoms with E-state index in [-0.39, 0.29) is 10.6 Å². The summed E-state index contributed by atoms with van der Waals surface area (Å²) < 4.78 is 36.0. The van der Waals surface area contributed by atoms with Gasteiger partial charge in [-0.3, -0.25) is 4.40 Å². The summed E-state index contributed by atoms with van der Waals surface area (Å²) in [5.41, 5.74) is 1.11. The molecule has 0 amide bonds. The lowest BCUT2D eigenvalue weighted by Gasteiger charge is -2.31. The number of aryl methyl sites for hydroxylation is 1. The van der Waals surface area contributed by atoms with E-state index in [2.05, 4.69) is 10.1 Å². The number of hydrogen-bond donors (Lipinski definition) is 0. The zero-order valence-corrected chi connectivity index (χ0v) is 17.4. The largest absolute Gasteiger partial charge is 0.488 e. The summed E-state index contributed by atoms with van der Waals surface area (Å²) >= 11 is 0. The molecule has 5 heterocycles. The van der Waals surface area contributed by atoms with Gasteiger partial charge in [-0.1, -0.05) is 6.42 Å². The van der Waals surface area contributed by atoms with E-state index in [9.17, 15) is 13.2 Å². The lowest BCUT2D eigenvalue weighted by Crippen LogP contribution is -2.36. The SMILES string of the molecule is Cn1nc2cc(N3CCOc4cc(S(=O)(=O)N5CCCCC5)cnc43)ccn2c1=O. The second-order valence-electron chi connectivity index (χ2n) is 7.48. The summed E-state index contributed by atoms with van der Waals surface area (Å²) in [4.78, 5) is 18.6. The molecule has 0 atom stereocenters. The first kappa shape index (κ1) is 19.1. The van der Waals surface area contributed by atoms with Crippen molar-refractivity contribution in [3.63, 3.8) is 0 Å². The fourth-order valence-corrected chi connectivity index (χ4v) is 5.44. The standard InChI is InChI=1S/C19H22N6O4S/c1-22-19(26)25-8-5-14(11-17(25)21-22)24-9-10-29-16-12-15(13-20-18(16)24)30(27,28)23-6-3-2-4-7-23/h5,8,11-13H,2-4,6-7,9-10H2,1H3. The van der Waals surface area contributed by atoms with E-state index >= 15 is 0 Å². The minimum Gasteiger partial charge on any atom is -0.488 e. The number of fused-ring (bicyclic) bond motifs is 2. The smallest absolute Gasteiger partial charge is 0.350 e. The van der Waals surface area contributed by atoms with E-state index in [0.717, 1.165) is 24.9 Å². The van der Waals surface area contributed by atoms with Crippen molar-refractivity contribution in [3.05, 3.63) is 41.1 Å². The Labute approximate surface area is 173 Å². The number of hydrogen-bond acceptors (Lipinski definition) is 7. The molecule has 5 rings (SSSR count). The first-order valence-corrected chi connectivity index (χ1v) is 11.3. The minimum atomic E-state index is -3.59. The number of sulfonamides is 1. The molecule has 10 nitrogen and oxygen atoms in total. The maximum atomic E-state index is 13.0. The van der Waals surface area contributed by atoms with Gasteiger partial charge in [-0.2, -0.15) is 9.40 Å². The Balaban J connectivity index is 1.51. The quantitative estimate of drug-likeness (QED) is 0.614. The van der Waals surface area contributed by atoms with Crippen LogP contribution in [0.15, 0.2) is 40.3 Å². The van der Waals surface area contributed by atoms with Crippen molar-refractivity contribution in [2.75, 3.05) is 31.1 Å². The molecule has 2 aliphatic rings. The third-order valence-electron chi connectivity index (χ3n) is 5.55. The predicted octanol–water partition coefficient (Wildman–Crippen LogP) is 1.13. The molecule has 0 spiro atoms. The minimum absolute atomic E-state index is 0.150. The Morgan fingerprint density at radius 1 is 1.10 bits per heavy atom. The molecular formula is C19H22N6O4S. The first-order chi connectivity index (χ1) is 14.4. The maximum absolute atomic E-state index is 13.0. The number of anilines is 2. The molecule has 158 valence electrons. The van der Waals surface area contributed by atoms with Gasteiger partial charge in [0.05, 0.1) is 6.54 Å². The molecule has 3 aromatic rings. The Bertz CT molecular complexity index is 1280. The van der Waals surface area contributed by atoms with Gasteiger partial charge in [0.2, 0.25) is 10.0 Å². The Morgan fingerprint density at radius 3 is 2.70 bits per heavy atom. The number of pyridine rings is 2. The van der Waals surface area contributed by atoms with Crippen LogP contribution >= 0.6 is 0 Å². The number of aromatic nitrogens is 4. The average Bonchev–Trinajstić information content (AvgIpc) is 3.06. The molecule has 3 aromatic heterocycles. The van der Waals surface area contributed by atoms with Gasteiger partial charge in [-0.25, -0.2) is 22.9 Å². The summed E-state index contributed by atoms with van der Waals surface area (Å²) in [6.45, 7) is 2.01. The van der Waals surface area contributed by atoms with Crippen LogP contribution in [0.4, 0.5) is 11.5 Å². The molecule has 1 fully saturated rings. The molecule has 2 aliphatic heterocycles. The lowest BCUT2D eigenvalue weighted by atomic mass is 10.2. The number of nitrogens with zero attached hydrogens (tertiary/aromatic N) is 6. The van der Waals surface area contributed by atoms with Crippen LogP contribution < -0.4 is 15.3 Å². The van der Waals surface area contributed by atoms with E-state index < -0.39 is 10.0 Å². The van der Waals surface area contributed by atoms with Crippen LogP contribution in [-0.2, 0) is 17.1 Å². The van der Waals surface area contributed by atoms with Crippen LogP contribution in [0.5, 0.6) is 5.75 Å². The summed E-state index contributed by atoms with van der Waals surface area (Å²) in [6.07, 6.45) is 5.87. The molecule has 0 saturated carbocycles. The molecular weight excluding hydrogens is 408 g/mol. The number of piperidine rings is 1. The number of rotatable bonds is 3. The van der Waals surface area contributed by atoms with Gasteiger partial charge < -0.3 is 9.64 Å². The van der Waals surface area contributed by atoms with Gasteiger partial charge >= 0.3 is 5.69 Å². The highest BCUT2D eigenvalue weighted by atomic mass is 32.2. The van der Waals surface area contributed by atoms with Gasteiger partial charge in [0.25, 0.3) is 0 Å². The van der Waals surface area contributed by atoms with Crippen molar-refractivity contribution in [2.24, 2.45) is 7.05 Å². The highest BCUT2D eigenvalue weighted by molar-refractivity contribution is 7.89. The molecule has 0 unspecified atom stereocenters. The Hall–Kier alpha value is -2.92. The van der Waals surface area contributed by atoms with E-state index in [1.165, 1.54) is 19.6 Å². The maximum Gasteiger partial charge on any atom is 0.350 e. The average molecular weight is 430 g/mol. The normalized spacial score (nSPS) is 17.7. The third-order valence-corrected chi connectivity index (χ3v) is 7.42. The van der Waals surface area contributed by atoms with E-state index in [1.54, 1.807) is 25.4 Å². The monoisotopic (exact) mass is 430 g/mol. The van der Waals surface area contributed by atoms with Crippen molar-refractivity contribution in [1.82, 2.24) is 23.5 Å². The van der Waals surface area contributed by atoms with Crippen molar-refractivity contribution < 1.29 is 13.2 Å². The molecule has 1 saturated heterocycles. The molecule has 30 heavy (non-hydrogen) atoms. The summed E-state index contributed by atoms with van der Waals surface area (Å²) in [6, 6.07) is 5.17. The molecule has 0 bridgehead atoms. The zero-order chi connectivity index (χ0) is 20.9. The first-order valence-electron chi connectivity index (χ1n) is 9.91. The fraction of sp³-hybridized carbons (Fsp3) is 0.421. The van der Waals surface area contributed by atoms with Gasteiger partial charge in [0.15, 0.2) is 17.2 Å². The second kappa shape index (κ2) is 7.10. The van der Waals surface area contributed by atoms with Crippen LogP contribution in [0.2, 0.25) is 0 Å². The molecule has 11 heteroatoms. The van der Waals surface area contributed by atoms with Gasteiger partial charge in [-0.05, 0) is 18.9 Å². The highest BCUT2D eigenvalue weighted by Crippen LogP contribution is 2.36. The van der Waals surface area contributed by atoms with Crippen LogP contribution in [0, 0.1) is 0 Å². The Kier molecular flexibility index (Phi) is 4.51. The van der Waals surface area contributed by atoms with Crippen molar-refractivity contribution in [2.45, 2.75) is 24.2 Å². The molecule has 0 radical (unpaired) electrons. The van der Waals surface area contributed by atoms with Crippen molar-refractivity contribution in [3.8, 4) is 5.75 Å². The van der Waals surface area contributed by atoms with Gasteiger partial charge in [0.1, 0.15) is 11.5 Å². The zero-order valence-electron chi connectivity index (χ0n) is 16.6. The van der Waals surface area contributed by atoms with Crippen molar-refractivity contribution >= 4 is 27.2 Å². The van der Waals surface area contributed by atoms with Crippen molar-refractivity contribution in [1.29, 1.82) is 0 Å². The van der Waals surface area contributed by atoms with E-state index in [4.69, 9.17) is 4.74 Å². The highest BCUT2D eigenvalue weighted by Gasteiger charge is 2.29. The van der Waals surface area contributed by atoms with Crippen LogP contribution in [-0.4, -0.2) is 58.1 Å². The second-order valence-corrected chi connectivity index (χ2v) is 9.41. The van der Waals surface area contributed by atoms with Crippen LogP contribution in [0.25, 0.3) is 5.65 Å². The predicted molar refractivity (Wildman–Crippen MR) is 110 cm³/mol. The fourth-order valence-electron chi connectivity index (χ4n) is 3.96. The summed E-state index contributed by atoms with van der Waals surface area (Å²) in [5, 5.41) is 4.23. The van der Waals surface area contributed by atoms with E-state index in [1.807, 2.05) is 11.0 Å². The van der Waals surface area contributed by atoms with Gasteiger partial charge in [-0.15, -0.1) is 0 Å². The van der Waals surface area contributed by atoms with Crippen LogP contribution in [0.3, 0.4) is 0 Å². The molecule has 0 aliphatic carbocycles. The number of ether oxygens (including phenoxy) is 1. The molecule has 0 aromatic carbocycles. The third kappa shape index (κ3) is 3.05. The lowest BCUT2D eigenvalue weighted by molar-refractivity contribution is 0.310. The van der Waals surface area contributed by atoms with E-state index in [0.29, 0.717) is 43.5 Å².